The molecule has 0 aromatic heterocycles. The third-order valence-electron chi connectivity index (χ3n) is 3.19. The second-order valence-corrected chi connectivity index (χ2v) is 4.85. The van der Waals surface area contributed by atoms with Gasteiger partial charge in [0.2, 0.25) is 0 Å². The first kappa shape index (κ1) is 14.2. The predicted octanol–water partition coefficient (Wildman–Crippen LogP) is 4.21. The third-order valence-corrected chi connectivity index (χ3v) is 3.19. The van der Waals surface area contributed by atoms with Gasteiger partial charge in [-0.3, -0.25) is 0 Å². The molecule has 0 unspecified atom stereocenters. The number of carbonyl (C=O) groups is 1. The van der Waals surface area contributed by atoms with Crippen LogP contribution in [0, 0.1) is 0 Å². The molecule has 0 aromatic rings. The molecule has 1 rings (SSSR count). The van der Waals surface area contributed by atoms with Crippen LogP contribution in [0.4, 0.5) is 0 Å². The minimum atomic E-state index is -0.169. The van der Waals surface area contributed by atoms with Crippen molar-refractivity contribution in [3.05, 3.63) is 0 Å². The average Bonchev–Trinajstić information content (AvgIpc) is 2.60. The van der Waals surface area contributed by atoms with Crippen molar-refractivity contribution in [2.75, 3.05) is 0 Å². The summed E-state index contributed by atoms with van der Waals surface area (Å²) in [4.78, 5) is 16.4. The highest BCUT2D eigenvalue weighted by molar-refractivity contribution is 5.84. The maximum Gasteiger partial charge on any atom is 0.335 e. The van der Waals surface area contributed by atoms with E-state index in [9.17, 15) is 4.79 Å². The zero-order valence-electron chi connectivity index (χ0n) is 11.0. The molecule has 3 nitrogen and oxygen atoms in total. The number of rotatable bonds is 6. The molecule has 17 heavy (non-hydrogen) atoms. The van der Waals surface area contributed by atoms with Crippen molar-refractivity contribution in [3.8, 4) is 0 Å². The van der Waals surface area contributed by atoms with Crippen LogP contribution in [-0.2, 0) is 9.63 Å². The van der Waals surface area contributed by atoms with E-state index < -0.39 is 0 Å². The molecule has 1 fully saturated rings. The van der Waals surface area contributed by atoms with Gasteiger partial charge in [0.05, 0.1) is 5.71 Å². The molecular formula is C14H25NO2. The summed E-state index contributed by atoms with van der Waals surface area (Å²) in [6, 6.07) is 0. The van der Waals surface area contributed by atoms with Crippen molar-refractivity contribution in [1.29, 1.82) is 0 Å². The van der Waals surface area contributed by atoms with Crippen LogP contribution in [0.3, 0.4) is 0 Å². The van der Waals surface area contributed by atoms with E-state index in [0.29, 0.717) is 6.42 Å². The number of carbonyl (C=O) groups excluding carboxylic acids is 1. The lowest BCUT2D eigenvalue weighted by atomic mass is 10.2. The third kappa shape index (κ3) is 7.14. The highest BCUT2D eigenvalue weighted by Crippen LogP contribution is 2.15. The number of hydrogen-bond acceptors (Lipinski definition) is 3. The van der Waals surface area contributed by atoms with Crippen LogP contribution in [0.15, 0.2) is 5.16 Å². The van der Waals surface area contributed by atoms with Crippen LogP contribution in [0.2, 0.25) is 0 Å². The maximum absolute atomic E-state index is 11.4. The Bertz CT molecular complexity index is 239. The quantitative estimate of drug-likeness (QED) is 0.301. The molecule has 0 spiro atoms. The van der Waals surface area contributed by atoms with Gasteiger partial charge in [-0.25, -0.2) is 4.79 Å². The highest BCUT2D eigenvalue weighted by Gasteiger charge is 2.08. The Hall–Kier alpha value is -0.860. The van der Waals surface area contributed by atoms with E-state index in [2.05, 4.69) is 12.1 Å². The fourth-order valence-electron chi connectivity index (χ4n) is 2.09. The van der Waals surface area contributed by atoms with Gasteiger partial charge in [0.25, 0.3) is 0 Å². The standard InChI is InChI=1S/C14H25NO2/c1-2-3-4-9-12-14(16)17-15-13-10-7-5-6-8-11-13/h2-12H2,1H3. The molecule has 0 amide bonds. The number of oxime groups is 1. The van der Waals surface area contributed by atoms with Crippen LogP contribution in [-0.4, -0.2) is 11.7 Å². The van der Waals surface area contributed by atoms with Gasteiger partial charge >= 0.3 is 5.97 Å². The minimum Gasteiger partial charge on any atom is -0.318 e. The Morgan fingerprint density at radius 1 is 1.12 bits per heavy atom. The van der Waals surface area contributed by atoms with E-state index in [-0.39, 0.29) is 5.97 Å². The molecule has 3 heteroatoms. The highest BCUT2D eigenvalue weighted by atomic mass is 16.7. The Kier molecular flexibility index (Phi) is 7.69. The van der Waals surface area contributed by atoms with E-state index in [1.807, 2.05) is 0 Å². The summed E-state index contributed by atoms with van der Waals surface area (Å²) in [5, 5.41) is 4.01. The zero-order valence-corrected chi connectivity index (χ0v) is 11.0. The molecule has 0 aromatic carbocycles. The first-order valence-corrected chi connectivity index (χ1v) is 7.08. The summed E-state index contributed by atoms with van der Waals surface area (Å²) in [5.41, 5.74) is 1.07. The summed E-state index contributed by atoms with van der Waals surface area (Å²) >= 11 is 0. The van der Waals surface area contributed by atoms with Gasteiger partial charge in [-0.05, 0) is 32.1 Å². The number of unbranched alkanes of at least 4 members (excludes halogenated alkanes) is 3. The van der Waals surface area contributed by atoms with Crippen molar-refractivity contribution in [1.82, 2.24) is 0 Å². The molecule has 0 heterocycles. The Labute approximate surface area is 105 Å². The van der Waals surface area contributed by atoms with Crippen LogP contribution >= 0.6 is 0 Å². The molecule has 1 saturated carbocycles. The van der Waals surface area contributed by atoms with E-state index in [1.54, 1.807) is 0 Å². The lowest BCUT2D eigenvalue weighted by molar-refractivity contribution is -0.143. The van der Waals surface area contributed by atoms with Crippen molar-refractivity contribution < 1.29 is 9.63 Å². The monoisotopic (exact) mass is 239 g/mol. The molecular weight excluding hydrogens is 214 g/mol. The number of hydrogen-bond donors (Lipinski definition) is 0. The van der Waals surface area contributed by atoms with E-state index in [1.165, 1.54) is 38.5 Å². The van der Waals surface area contributed by atoms with Crippen LogP contribution < -0.4 is 0 Å². The summed E-state index contributed by atoms with van der Waals surface area (Å²) < 4.78 is 0. The SMILES string of the molecule is CCCCCCC(=O)ON=C1CCCCCC1. The molecule has 0 radical (unpaired) electrons. The number of nitrogens with zero attached hydrogens (tertiary/aromatic N) is 1. The summed E-state index contributed by atoms with van der Waals surface area (Å²) in [6.07, 6.45) is 11.9. The van der Waals surface area contributed by atoms with Crippen molar-refractivity contribution in [3.63, 3.8) is 0 Å². The lowest BCUT2D eigenvalue weighted by Gasteiger charge is -2.01. The Morgan fingerprint density at radius 3 is 2.47 bits per heavy atom. The Balaban J connectivity index is 2.14. The largest absolute Gasteiger partial charge is 0.335 e. The van der Waals surface area contributed by atoms with Crippen molar-refractivity contribution >= 4 is 11.7 Å². The molecule has 1 aliphatic carbocycles. The fourth-order valence-corrected chi connectivity index (χ4v) is 2.09. The molecule has 0 saturated heterocycles. The molecule has 0 aliphatic heterocycles. The molecule has 0 bridgehead atoms. The lowest BCUT2D eigenvalue weighted by Crippen LogP contribution is -2.03. The van der Waals surface area contributed by atoms with Gasteiger partial charge in [-0.15, -0.1) is 0 Å². The minimum absolute atomic E-state index is 0.169. The second-order valence-electron chi connectivity index (χ2n) is 4.85. The molecule has 1 aliphatic rings. The predicted molar refractivity (Wildman–Crippen MR) is 70.0 cm³/mol. The zero-order chi connectivity index (χ0) is 12.3. The average molecular weight is 239 g/mol. The van der Waals surface area contributed by atoms with Crippen LogP contribution in [0.5, 0.6) is 0 Å². The fraction of sp³-hybridized carbons (Fsp3) is 0.857. The van der Waals surface area contributed by atoms with Crippen molar-refractivity contribution in [2.45, 2.75) is 77.6 Å². The van der Waals surface area contributed by atoms with Crippen LogP contribution in [0.25, 0.3) is 0 Å². The van der Waals surface area contributed by atoms with E-state index >= 15 is 0 Å². The first-order valence-electron chi connectivity index (χ1n) is 7.08. The Morgan fingerprint density at radius 2 is 1.82 bits per heavy atom. The van der Waals surface area contributed by atoms with Crippen molar-refractivity contribution in [2.24, 2.45) is 5.16 Å². The van der Waals surface area contributed by atoms with E-state index in [0.717, 1.165) is 31.4 Å². The topological polar surface area (TPSA) is 38.7 Å². The van der Waals surface area contributed by atoms with Gasteiger partial charge in [0.1, 0.15) is 0 Å². The smallest absolute Gasteiger partial charge is 0.318 e. The first-order chi connectivity index (χ1) is 8.33. The summed E-state index contributed by atoms with van der Waals surface area (Å²) in [6.45, 7) is 2.16. The molecule has 0 N–H and O–H groups in total. The molecule has 0 atom stereocenters. The van der Waals surface area contributed by atoms with E-state index in [4.69, 9.17) is 4.84 Å². The summed E-state index contributed by atoms with van der Waals surface area (Å²) in [5.74, 6) is -0.169. The van der Waals surface area contributed by atoms with Gasteiger partial charge in [0, 0.05) is 6.42 Å². The summed E-state index contributed by atoms with van der Waals surface area (Å²) in [7, 11) is 0. The normalized spacial score (nSPS) is 16.4. The molecule has 98 valence electrons. The van der Waals surface area contributed by atoms with Gasteiger partial charge < -0.3 is 4.84 Å². The van der Waals surface area contributed by atoms with Gasteiger partial charge in [-0.1, -0.05) is 44.2 Å². The second kappa shape index (κ2) is 9.20. The van der Waals surface area contributed by atoms with Crippen LogP contribution in [0.1, 0.15) is 77.6 Å². The van der Waals surface area contributed by atoms with Gasteiger partial charge in [-0.2, -0.15) is 0 Å². The maximum atomic E-state index is 11.4. The van der Waals surface area contributed by atoms with Gasteiger partial charge in [0.15, 0.2) is 0 Å².